The monoisotopic (exact) mass is 433 g/mol. The number of halogens is 2. The van der Waals surface area contributed by atoms with Crippen LogP contribution in [-0.2, 0) is 11.3 Å². The van der Waals surface area contributed by atoms with Crippen LogP contribution < -0.4 is 10.9 Å². The van der Waals surface area contributed by atoms with Gasteiger partial charge in [0, 0.05) is 31.1 Å². The highest BCUT2D eigenvalue weighted by Crippen LogP contribution is 2.28. The second-order valence-electron chi connectivity index (χ2n) is 6.71. The van der Waals surface area contributed by atoms with Gasteiger partial charge in [0.2, 0.25) is 5.91 Å². The van der Waals surface area contributed by atoms with Gasteiger partial charge in [-0.05, 0) is 23.8 Å². The van der Waals surface area contributed by atoms with E-state index in [1.807, 2.05) is 35.2 Å². The third-order valence-electron chi connectivity index (χ3n) is 4.99. The molecule has 152 valence electrons. The van der Waals surface area contributed by atoms with E-state index in [4.69, 9.17) is 11.6 Å². The molecule has 0 radical (unpaired) electrons. The molecule has 0 saturated carbocycles. The van der Waals surface area contributed by atoms with Crippen molar-refractivity contribution in [1.82, 2.24) is 25.2 Å². The first kappa shape index (κ1) is 21.2. The predicted octanol–water partition coefficient (Wildman–Crippen LogP) is 2.43. The summed E-state index contributed by atoms with van der Waals surface area (Å²) in [5.74, 6) is -0.0340. The quantitative estimate of drug-likeness (QED) is 0.683. The normalized spacial score (nSPS) is 16.4. The molecule has 1 atom stereocenters. The highest BCUT2D eigenvalue weighted by Gasteiger charge is 2.29. The number of nitrogens with zero attached hydrogens (tertiary/aromatic N) is 4. The fraction of sp³-hybridized carbons (Fsp3) is 0.300. The highest BCUT2D eigenvalue weighted by molar-refractivity contribution is 6.31. The minimum atomic E-state index is -0.235. The summed E-state index contributed by atoms with van der Waals surface area (Å²) in [6.45, 7) is 2.15. The highest BCUT2D eigenvalue weighted by atomic mass is 35.5. The van der Waals surface area contributed by atoms with Gasteiger partial charge in [-0.3, -0.25) is 9.59 Å². The van der Waals surface area contributed by atoms with Gasteiger partial charge in [-0.1, -0.05) is 47.1 Å². The Labute approximate surface area is 179 Å². The van der Waals surface area contributed by atoms with E-state index in [1.165, 1.54) is 4.68 Å². The van der Waals surface area contributed by atoms with E-state index in [9.17, 15) is 9.59 Å². The van der Waals surface area contributed by atoms with E-state index in [1.54, 1.807) is 18.2 Å². The number of nitrogens with one attached hydrogen (secondary N) is 1. The molecule has 1 saturated heterocycles. The molecule has 1 unspecified atom stereocenters. The Bertz CT molecular complexity index is 1070. The zero-order valence-electron chi connectivity index (χ0n) is 15.6. The Hall–Kier alpha value is -2.48. The largest absolute Gasteiger partial charge is 0.333 e. The molecular formula is C20H21Cl2N5O2. The van der Waals surface area contributed by atoms with Crippen LogP contribution in [0.15, 0.2) is 53.3 Å². The minimum absolute atomic E-state index is 0. The van der Waals surface area contributed by atoms with Gasteiger partial charge in [0.05, 0.1) is 18.0 Å². The van der Waals surface area contributed by atoms with Gasteiger partial charge in [0.15, 0.2) is 0 Å². The maximum atomic E-state index is 12.9. The molecule has 7 nitrogen and oxygen atoms in total. The number of amides is 1. The van der Waals surface area contributed by atoms with E-state index >= 15 is 0 Å². The van der Waals surface area contributed by atoms with E-state index < -0.39 is 0 Å². The second kappa shape index (κ2) is 9.35. The van der Waals surface area contributed by atoms with Crippen molar-refractivity contribution in [3.05, 3.63) is 69.5 Å². The first-order valence-corrected chi connectivity index (χ1v) is 9.60. The molecule has 2 aromatic carbocycles. The Balaban J connectivity index is 0.00000240. The number of rotatable bonds is 4. The lowest BCUT2D eigenvalue weighted by molar-refractivity contribution is -0.134. The molecule has 9 heteroatoms. The molecule has 0 aliphatic carbocycles. The molecule has 1 aliphatic rings. The fourth-order valence-corrected chi connectivity index (χ4v) is 3.80. The van der Waals surface area contributed by atoms with Gasteiger partial charge >= 0.3 is 0 Å². The van der Waals surface area contributed by atoms with Crippen LogP contribution in [0.2, 0.25) is 5.02 Å². The van der Waals surface area contributed by atoms with Gasteiger partial charge in [-0.15, -0.1) is 17.5 Å². The maximum absolute atomic E-state index is 12.9. The van der Waals surface area contributed by atoms with Crippen LogP contribution in [0.3, 0.4) is 0 Å². The SMILES string of the molecule is Cl.O=C(CCn1nnc2ccccc2c1=O)N1CCNCC1c1ccccc1Cl. The lowest BCUT2D eigenvalue weighted by Gasteiger charge is -2.37. The van der Waals surface area contributed by atoms with Crippen molar-refractivity contribution in [3.63, 3.8) is 0 Å². The third kappa shape index (κ3) is 4.42. The van der Waals surface area contributed by atoms with E-state index in [-0.39, 0.29) is 42.9 Å². The Morgan fingerprint density at radius 3 is 2.76 bits per heavy atom. The predicted molar refractivity (Wildman–Crippen MR) is 114 cm³/mol. The average molecular weight is 434 g/mol. The summed E-state index contributed by atoms with van der Waals surface area (Å²) in [5.41, 5.74) is 1.24. The number of aromatic nitrogens is 3. The lowest BCUT2D eigenvalue weighted by atomic mass is 10.0. The first-order valence-electron chi connectivity index (χ1n) is 9.22. The smallest absolute Gasteiger partial charge is 0.277 e. The van der Waals surface area contributed by atoms with Crippen LogP contribution >= 0.6 is 24.0 Å². The summed E-state index contributed by atoms with van der Waals surface area (Å²) in [5, 5.41) is 12.5. The topological polar surface area (TPSA) is 80.1 Å². The van der Waals surface area contributed by atoms with Crippen LogP contribution in [0.5, 0.6) is 0 Å². The van der Waals surface area contributed by atoms with Gasteiger partial charge < -0.3 is 10.2 Å². The van der Waals surface area contributed by atoms with Crippen molar-refractivity contribution in [2.24, 2.45) is 0 Å². The van der Waals surface area contributed by atoms with Gasteiger partial charge in [-0.2, -0.15) is 0 Å². The first-order chi connectivity index (χ1) is 13.6. The molecule has 0 bridgehead atoms. The molecule has 4 rings (SSSR count). The molecule has 0 spiro atoms. The number of carbonyl (C=O) groups is 1. The summed E-state index contributed by atoms with van der Waals surface area (Å²) < 4.78 is 1.26. The summed E-state index contributed by atoms with van der Waals surface area (Å²) in [6, 6.07) is 14.5. The number of fused-ring (bicyclic) bond motifs is 1. The Morgan fingerprint density at radius 1 is 1.17 bits per heavy atom. The zero-order chi connectivity index (χ0) is 19.5. The van der Waals surface area contributed by atoms with Crippen molar-refractivity contribution < 1.29 is 4.79 Å². The molecule has 1 fully saturated rings. The number of carbonyl (C=O) groups excluding carboxylic acids is 1. The van der Waals surface area contributed by atoms with E-state index in [0.29, 0.717) is 29.0 Å². The summed E-state index contributed by atoms with van der Waals surface area (Å²) >= 11 is 6.35. The van der Waals surface area contributed by atoms with Crippen molar-refractivity contribution in [2.45, 2.75) is 19.0 Å². The molecular weight excluding hydrogens is 413 g/mol. The van der Waals surface area contributed by atoms with Crippen LogP contribution in [0.4, 0.5) is 0 Å². The molecule has 3 aromatic rings. The number of hydrogen-bond acceptors (Lipinski definition) is 5. The Morgan fingerprint density at radius 2 is 1.93 bits per heavy atom. The minimum Gasteiger partial charge on any atom is -0.333 e. The molecule has 1 aromatic heterocycles. The van der Waals surface area contributed by atoms with Crippen molar-refractivity contribution in [1.29, 1.82) is 0 Å². The third-order valence-corrected chi connectivity index (χ3v) is 5.34. The molecule has 2 heterocycles. The Kier molecular flexibility index (Phi) is 6.84. The fourth-order valence-electron chi connectivity index (χ4n) is 3.54. The van der Waals surface area contributed by atoms with Crippen LogP contribution in [0, 0.1) is 0 Å². The summed E-state index contributed by atoms with van der Waals surface area (Å²) in [7, 11) is 0. The average Bonchev–Trinajstić information content (AvgIpc) is 2.74. The van der Waals surface area contributed by atoms with Gasteiger partial charge in [0.1, 0.15) is 5.52 Å². The molecule has 29 heavy (non-hydrogen) atoms. The second-order valence-corrected chi connectivity index (χ2v) is 7.12. The standard InChI is InChI=1S/C20H20ClN5O2.ClH/c21-16-7-3-1-5-14(16)18-13-22-10-12-25(18)19(27)9-11-26-20(28)15-6-2-4-8-17(15)23-24-26;/h1-8,18,22H,9-13H2;1H. The number of hydrogen-bond donors (Lipinski definition) is 1. The van der Waals surface area contributed by atoms with Crippen LogP contribution in [-0.4, -0.2) is 45.4 Å². The van der Waals surface area contributed by atoms with Gasteiger partial charge in [0.25, 0.3) is 5.56 Å². The lowest BCUT2D eigenvalue weighted by Crippen LogP contribution is -2.49. The number of aryl methyl sites for hydroxylation is 1. The zero-order valence-corrected chi connectivity index (χ0v) is 17.2. The van der Waals surface area contributed by atoms with Crippen molar-refractivity contribution in [2.75, 3.05) is 19.6 Å². The van der Waals surface area contributed by atoms with Crippen molar-refractivity contribution >= 4 is 40.8 Å². The van der Waals surface area contributed by atoms with E-state index in [0.717, 1.165) is 12.1 Å². The molecule has 1 aliphatic heterocycles. The van der Waals surface area contributed by atoms with Gasteiger partial charge in [-0.25, -0.2) is 4.68 Å². The van der Waals surface area contributed by atoms with Crippen LogP contribution in [0.1, 0.15) is 18.0 Å². The number of benzene rings is 2. The molecule has 1 N–H and O–H groups in total. The number of piperazine rings is 1. The van der Waals surface area contributed by atoms with Crippen molar-refractivity contribution in [3.8, 4) is 0 Å². The van der Waals surface area contributed by atoms with E-state index in [2.05, 4.69) is 15.6 Å². The maximum Gasteiger partial charge on any atom is 0.277 e. The summed E-state index contributed by atoms with van der Waals surface area (Å²) in [6.07, 6.45) is 0.174. The molecule has 1 amide bonds. The summed E-state index contributed by atoms with van der Waals surface area (Å²) in [4.78, 5) is 27.3. The van der Waals surface area contributed by atoms with Crippen LogP contribution in [0.25, 0.3) is 10.9 Å².